The summed E-state index contributed by atoms with van der Waals surface area (Å²) in [6, 6.07) is 12.7. The van der Waals surface area contributed by atoms with Gasteiger partial charge in [-0.15, -0.1) is 0 Å². The fourth-order valence-corrected chi connectivity index (χ4v) is 3.07. The van der Waals surface area contributed by atoms with Crippen LogP contribution in [0.15, 0.2) is 48.7 Å². The van der Waals surface area contributed by atoms with Gasteiger partial charge in [0.25, 0.3) is 0 Å². The zero-order chi connectivity index (χ0) is 19.0. The minimum Gasteiger partial charge on any atom is -0.497 e. The van der Waals surface area contributed by atoms with Crippen molar-refractivity contribution in [3.8, 4) is 28.5 Å². The molecule has 0 amide bonds. The second-order valence-electron chi connectivity index (χ2n) is 6.24. The van der Waals surface area contributed by atoms with Gasteiger partial charge in [-0.1, -0.05) is 0 Å². The first-order valence-corrected chi connectivity index (χ1v) is 8.45. The number of imidazole rings is 1. The Hall–Kier alpha value is -3.48. The van der Waals surface area contributed by atoms with Crippen molar-refractivity contribution in [1.82, 2.24) is 9.13 Å². The molecule has 3 aromatic rings. The molecule has 0 saturated carbocycles. The molecule has 7 heteroatoms. The van der Waals surface area contributed by atoms with E-state index in [1.807, 2.05) is 37.5 Å². The fourth-order valence-electron chi connectivity index (χ4n) is 3.07. The lowest BCUT2D eigenvalue weighted by Gasteiger charge is -2.04. The quantitative estimate of drug-likeness (QED) is 0.705. The van der Waals surface area contributed by atoms with Crippen molar-refractivity contribution in [2.24, 2.45) is 7.05 Å². The summed E-state index contributed by atoms with van der Waals surface area (Å²) in [4.78, 5) is 12.7. The van der Waals surface area contributed by atoms with Crippen LogP contribution in [0, 0.1) is 5.41 Å². The minimum atomic E-state index is -0.0984. The van der Waals surface area contributed by atoms with Crippen LogP contribution in [0.1, 0.15) is 10.4 Å². The van der Waals surface area contributed by atoms with Crippen LogP contribution in [0.5, 0.6) is 17.2 Å². The highest BCUT2D eigenvalue weighted by Gasteiger charge is 2.17. The van der Waals surface area contributed by atoms with Crippen molar-refractivity contribution in [3.05, 3.63) is 59.8 Å². The number of nitrogens with zero attached hydrogens (tertiary/aromatic N) is 2. The van der Waals surface area contributed by atoms with Crippen LogP contribution in [0.25, 0.3) is 11.3 Å². The van der Waals surface area contributed by atoms with Crippen LogP contribution in [0.3, 0.4) is 0 Å². The lowest BCUT2D eigenvalue weighted by molar-refractivity contribution is 0.0969. The van der Waals surface area contributed by atoms with Crippen LogP contribution >= 0.6 is 0 Å². The van der Waals surface area contributed by atoms with Crippen LogP contribution in [-0.4, -0.2) is 28.8 Å². The number of carbonyl (C=O) groups is 1. The summed E-state index contributed by atoms with van der Waals surface area (Å²) in [6.45, 7) is 0.241. The first kappa shape index (κ1) is 17.0. The first-order valence-electron chi connectivity index (χ1n) is 8.45. The molecule has 7 nitrogen and oxygen atoms in total. The molecule has 0 atom stereocenters. The Balaban J connectivity index is 1.60. The lowest BCUT2D eigenvalue weighted by Crippen LogP contribution is -2.25. The number of aromatic nitrogens is 2. The average Bonchev–Trinajstić information content (AvgIpc) is 3.27. The zero-order valence-corrected chi connectivity index (χ0v) is 15.1. The highest BCUT2D eigenvalue weighted by atomic mass is 16.7. The van der Waals surface area contributed by atoms with E-state index in [9.17, 15) is 4.79 Å². The lowest BCUT2D eigenvalue weighted by atomic mass is 10.1. The summed E-state index contributed by atoms with van der Waals surface area (Å²) in [5, 5.41) is 8.33. The minimum absolute atomic E-state index is 0.0719. The number of hydrogen-bond acceptors (Lipinski definition) is 5. The molecule has 138 valence electrons. The molecule has 0 unspecified atom stereocenters. The number of carbonyl (C=O) groups excluding carboxylic acids is 1. The molecular formula is C20H19N3O4. The topological polar surface area (TPSA) is 78.5 Å². The summed E-state index contributed by atoms with van der Waals surface area (Å²) < 4.78 is 19.2. The van der Waals surface area contributed by atoms with E-state index in [0.29, 0.717) is 17.1 Å². The predicted octanol–water partition coefficient (Wildman–Crippen LogP) is 2.59. The summed E-state index contributed by atoms with van der Waals surface area (Å²) in [5.74, 6) is 1.88. The maximum Gasteiger partial charge on any atom is 0.231 e. The monoisotopic (exact) mass is 365 g/mol. The third kappa shape index (κ3) is 3.08. The summed E-state index contributed by atoms with van der Waals surface area (Å²) >= 11 is 0. The van der Waals surface area contributed by atoms with Gasteiger partial charge < -0.3 is 23.3 Å². The van der Waals surface area contributed by atoms with E-state index in [-0.39, 0.29) is 24.7 Å². The van der Waals surface area contributed by atoms with E-state index in [2.05, 4.69) is 0 Å². The molecule has 0 saturated heterocycles. The molecule has 0 spiro atoms. The number of rotatable bonds is 5. The van der Waals surface area contributed by atoms with E-state index < -0.39 is 0 Å². The van der Waals surface area contributed by atoms with E-state index in [1.165, 1.54) is 0 Å². The zero-order valence-electron chi connectivity index (χ0n) is 15.1. The van der Waals surface area contributed by atoms with Gasteiger partial charge in [0, 0.05) is 18.8 Å². The molecule has 1 aliphatic rings. The van der Waals surface area contributed by atoms with E-state index in [1.54, 1.807) is 34.4 Å². The number of benzene rings is 2. The van der Waals surface area contributed by atoms with Gasteiger partial charge >= 0.3 is 0 Å². The summed E-state index contributed by atoms with van der Waals surface area (Å²) in [5.41, 5.74) is 2.57. The molecule has 0 fully saturated rings. The van der Waals surface area contributed by atoms with Gasteiger partial charge in [0.2, 0.25) is 12.4 Å². The first-order chi connectivity index (χ1) is 13.1. The van der Waals surface area contributed by atoms with Gasteiger partial charge in [-0.05, 0) is 48.0 Å². The Morgan fingerprint density at radius 1 is 1.15 bits per heavy atom. The van der Waals surface area contributed by atoms with Crippen LogP contribution in [0.2, 0.25) is 0 Å². The second-order valence-corrected chi connectivity index (χ2v) is 6.24. The number of methoxy groups -OCH3 is 1. The van der Waals surface area contributed by atoms with Gasteiger partial charge in [0.15, 0.2) is 17.3 Å². The maximum absolute atomic E-state index is 12.7. The van der Waals surface area contributed by atoms with Crippen LogP contribution < -0.4 is 19.8 Å². The summed E-state index contributed by atoms with van der Waals surface area (Å²) in [7, 11) is 3.43. The number of fused-ring (bicyclic) bond motifs is 1. The number of nitrogens with one attached hydrogen (secondary N) is 1. The Bertz CT molecular complexity index is 1060. The normalized spacial score (nSPS) is 12.2. The number of Topliss-reactive ketones (excluding diaryl/α,β-unsaturated/α-hetero) is 1. The Morgan fingerprint density at radius 3 is 2.63 bits per heavy atom. The number of ketones is 1. The van der Waals surface area contributed by atoms with E-state index in [4.69, 9.17) is 19.6 Å². The highest BCUT2D eigenvalue weighted by Crippen LogP contribution is 2.32. The van der Waals surface area contributed by atoms with Crippen LogP contribution in [-0.2, 0) is 13.6 Å². The SMILES string of the molecule is COc1ccc(-c2cn(CC(=O)c3ccc4c(c3)OCO4)c(=N)n2C)cc1. The van der Waals surface area contributed by atoms with E-state index >= 15 is 0 Å². The predicted molar refractivity (Wildman–Crippen MR) is 98.1 cm³/mol. The molecular weight excluding hydrogens is 346 g/mol. The Morgan fingerprint density at radius 2 is 1.89 bits per heavy atom. The van der Waals surface area contributed by atoms with Gasteiger partial charge in [-0.25, -0.2) is 0 Å². The summed E-state index contributed by atoms with van der Waals surface area (Å²) in [6.07, 6.45) is 1.81. The van der Waals surface area contributed by atoms with Crippen molar-refractivity contribution >= 4 is 5.78 Å². The smallest absolute Gasteiger partial charge is 0.231 e. The molecule has 0 aliphatic carbocycles. The molecule has 2 aromatic carbocycles. The third-order valence-corrected chi connectivity index (χ3v) is 4.62. The van der Waals surface area contributed by atoms with Gasteiger partial charge in [-0.3, -0.25) is 10.2 Å². The molecule has 0 bridgehead atoms. The van der Waals surface area contributed by atoms with Gasteiger partial charge in [0.05, 0.1) is 19.3 Å². The fraction of sp³-hybridized carbons (Fsp3) is 0.200. The highest BCUT2D eigenvalue weighted by molar-refractivity contribution is 5.96. The van der Waals surface area contributed by atoms with Gasteiger partial charge in [-0.2, -0.15) is 0 Å². The standard InChI is InChI=1S/C20H19N3O4/c1-22-16(13-3-6-15(25-2)7-4-13)10-23(20(22)21)11-17(24)14-5-8-18-19(9-14)27-12-26-18/h3-10,21H,11-12H2,1-2H3. The van der Waals surface area contributed by atoms with Crippen molar-refractivity contribution in [2.45, 2.75) is 6.54 Å². The molecule has 4 rings (SSSR count). The average molecular weight is 365 g/mol. The molecule has 1 N–H and O–H groups in total. The van der Waals surface area contributed by atoms with E-state index in [0.717, 1.165) is 17.0 Å². The number of ether oxygens (including phenoxy) is 3. The Kier molecular flexibility index (Phi) is 4.19. The molecule has 27 heavy (non-hydrogen) atoms. The van der Waals surface area contributed by atoms with Gasteiger partial charge in [0.1, 0.15) is 5.75 Å². The van der Waals surface area contributed by atoms with Crippen molar-refractivity contribution in [1.29, 1.82) is 5.41 Å². The van der Waals surface area contributed by atoms with Crippen molar-refractivity contribution < 1.29 is 19.0 Å². The van der Waals surface area contributed by atoms with Crippen molar-refractivity contribution in [2.75, 3.05) is 13.9 Å². The molecule has 2 heterocycles. The van der Waals surface area contributed by atoms with Crippen LogP contribution in [0.4, 0.5) is 0 Å². The Labute approximate surface area is 155 Å². The molecule has 0 radical (unpaired) electrons. The molecule has 1 aromatic heterocycles. The maximum atomic E-state index is 12.7. The number of hydrogen-bond donors (Lipinski definition) is 1. The second kappa shape index (κ2) is 6.68. The van der Waals surface area contributed by atoms with Crippen molar-refractivity contribution in [3.63, 3.8) is 0 Å². The molecule has 1 aliphatic heterocycles. The third-order valence-electron chi connectivity index (χ3n) is 4.62. The largest absolute Gasteiger partial charge is 0.497 e.